The van der Waals surface area contributed by atoms with Gasteiger partial charge in [0.1, 0.15) is 17.3 Å². The number of carbonyl (C=O) groups excluding carboxylic acids is 4. The van der Waals surface area contributed by atoms with Gasteiger partial charge in [0.15, 0.2) is 11.6 Å². The maximum atomic E-state index is 14.0. The highest BCUT2D eigenvalue weighted by Crippen LogP contribution is 2.69. The molecule has 2 aliphatic carbocycles. The van der Waals surface area contributed by atoms with Crippen LogP contribution < -0.4 is 0 Å². The second kappa shape index (κ2) is 5.59. The van der Waals surface area contributed by atoms with E-state index in [-0.39, 0.29) is 11.6 Å². The first-order valence-corrected chi connectivity index (χ1v) is 11.1. The summed E-state index contributed by atoms with van der Waals surface area (Å²) in [5.74, 6) is -3.14. The summed E-state index contributed by atoms with van der Waals surface area (Å²) in [6, 6.07) is 0. The number of Topliss-reactive ketones (excluding diaryl/α,β-unsaturated/α-hetero) is 1. The van der Waals surface area contributed by atoms with Gasteiger partial charge < -0.3 is 18.9 Å². The zero-order valence-corrected chi connectivity index (χ0v) is 18.7. The van der Waals surface area contributed by atoms with Gasteiger partial charge in [-0.2, -0.15) is 0 Å². The van der Waals surface area contributed by atoms with Gasteiger partial charge in [0.2, 0.25) is 6.29 Å². The fourth-order valence-electron chi connectivity index (χ4n) is 7.17. The van der Waals surface area contributed by atoms with Crippen LogP contribution in [0.1, 0.15) is 41.0 Å². The molecule has 0 N–H and O–H groups in total. The van der Waals surface area contributed by atoms with Gasteiger partial charge in [0.05, 0.1) is 12.0 Å². The Balaban J connectivity index is 1.62. The van der Waals surface area contributed by atoms with E-state index in [9.17, 15) is 19.2 Å². The van der Waals surface area contributed by atoms with Gasteiger partial charge in [0, 0.05) is 40.4 Å². The van der Waals surface area contributed by atoms with Gasteiger partial charge in [-0.15, -0.1) is 0 Å². The molecule has 8 nitrogen and oxygen atoms in total. The lowest BCUT2D eigenvalue weighted by molar-refractivity contribution is -0.221. The van der Waals surface area contributed by atoms with Crippen molar-refractivity contribution in [3.05, 3.63) is 23.3 Å². The van der Waals surface area contributed by atoms with E-state index in [0.29, 0.717) is 24.2 Å². The molecular formula is C24H26O8. The van der Waals surface area contributed by atoms with Crippen LogP contribution in [0.5, 0.6) is 0 Å². The van der Waals surface area contributed by atoms with Crippen molar-refractivity contribution in [3.63, 3.8) is 0 Å². The van der Waals surface area contributed by atoms with Crippen LogP contribution in [0.4, 0.5) is 0 Å². The van der Waals surface area contributed by atoms with Crippen molar-refractivity contribution in [2.24, 2.45) is 28.6 Å². The highest BCUT2D eigenvalue weighted by Gasteiger charge is 2.77. The predicted octanol–water partition coefficient (Wildman–Crippen LogP) is 1.66. The molecule has 0 radical (unpaired) electrons. The number of fused-ring (bicyclic) bond motifs is 5. The Morgan fingerprint density at radius 2 is 1.69 bits per heavy atom. The van der Waals surface area contributed by atoms with Crippen molar-refractivity contribution in [2.45, 2.75) is 64.6 Å². The van der Waals surface area contributed by atoms with Crippen molar-refractivity contribution >= 4 is 23.5 Å². The first-order chi connectivity index (χ1) is 14.9. The summed E-state index contributed by atoms with van der Waals surface area (Å²) < 4.78 is 23.0. The summed E-state index contributed by atoms with van der Waals surface area (Å²) in [5, 5.41) is 0. The van der Waals surface area contributed by atoms with Crippen molar-refractivity contribution in [3.8, 4) is 0 Å². The normalized spacial score (nSPS) is 50.3. The Morgan fingerprint density at radius 1 is 1.00 bits per heavy atom. The zero-order valence-electron chi connectivity index (χ0n) is 18.7. The third kappa shape index (κ3) is 2.11. The average molecular weight is 442 g/mol. The van der Waals surface area contributed by atoms with Crippen LogP contribution in [0.2, 0.25) is 0 Å². The molecule has 170 valence electrons. The van der Waals surface area contributed by atoms with Crippen molar-refractivity contribution in [1.82, 2.24) is 0 Å². The number of allylic oxidation sites excluding steroid dienone is 1. The van der Waals surface area contributed by atoms with E-state index in [2.05, 4.69) is 0 Å². The number of hydrogen-bond donors (Lipinski definition) is 0. The highest BCUT2D eigenvalue weighted by molar-refractivity contribution is 6.04. The number of cyclic esters (lactones) is 1. The molecule has 3 saturated heterocycles. The molecule has 0 bridgehead atoms. The van der Waals surface area contributed by atoms with E-state index in [4.69, 9.17) is 18.9 Å². The molecule has 0 aromatic rings. The van der Waals surface area contributed by atoms with Gasteiger partial charge in [-0.25, -0.2) is 4.79 Å². The molecule has 1 spiro atoms. The van der Waals surface area contributed by atoms with Crippen LogP contribution in [-0.4, -0.2) is 53.7 Å². The Morgan fingerprint density at radius 3 is 2.34 bits per heavy atom. The smallest absolute Gasteiger partial charge is 0.332 e. The maximum Gasteiger partial charge on any atom is 0.332 e. The number of ketones is 2. The predicted molar refractivity (Wildman–Crippen MR) is 107 cm³/mol. The lowest BCUT2D eigenvalue weighted by atomic mass is 9.45. The average Bonchev–Trinajstić information content (AvgIpc) is 3.45. The zero-order chi connectivity index (χ0) is 23.0. The number of hydrogen-bond acceptors (Lipinski definition) is 8. The van der Waals surface area contributed by atoms with Crippen molar-refractivity contribution in [2.75, 3.05) is 6.61 Å². The molecule has 4 aliphatic heterocycles. The van der Waals surface area contributed by atoms with E-state index in [1.807, 2.05) is 6.92 Å². The molecule has 8 heteroatoms. The van der Waals surface area contributed by atoms with Crippen LogP contribution in [0.25, 0.3) is 0 Å². The number of carbonyl (C=O) groups is 4. The van der Waals surface area contributed by atoms with E-state index in [1.165, 1.54) is 12.2 Å². The molecule has 0 aromatic carbocycles. The lowest BCUT2D eigenvalue weighted by Gasteiger charge is -2.56. The van der Waals surface area contributed by atoms with E-state index < -0.39 is 64.1 Å². The first kappa shape index (κ1) is 20.3. The van der Waals surface area contributed by atoms with Gasteiger partial charge in [-0.3, -0.25) is 14.4 Å². The summed E-state index contributed by atoms with van der Waals surface area (Å²) in [5.41, 5.74) is -2.88. The minimum absolute atomic E-state index is 0.198. The molecule has 4 heterocycles. The van der Waals surface area contributed by atoms with E-state index in [1.54, 1.807) is 27.7 Å². The molecule has 1 saturated carbocycles. The van der Waals surface area contributed by atoms with Crippen LogP contribution in [0, 0.1) is 28.6 Å². The first-order valence-electron chi connectivity index (χ1n) is 11.1. The third-order valence-electron chi connectivity index (χ3n) is 8.96. The molecule has 32 heavy (non-hydrogen) atoms. The van der Waals surface area contributed by atoms with E-state index >= 15 is 0 Å². The summed E-state index contributed by atoms with van der Waals surface area (Å²) in [6.45, 7) is 9.04. The van der Waals surface area contributed by atoms with Crippen LogP contribution in [0.3, 0.4) is 0 Å². The van der Waals surface area contributed by atoms with Gasteiger partial charge >= 0.3 is 11.9 Å². The molecule has 0 unspecified atom stereocenters. The Labute approximate surface area is 185 Å². The standard InChI is InChI=1S/C24H26O8/c1-10-18(27)16-17-19(30-10)31-20(28)22(17,4)8-13-23(16,5)14(25)6-11-12(24(13)9-29-24)7-15(26)32-21(11,2)3/h6-7,10,13,16-17,19H,8-9H2,1-5H3/t10-,13+,16-,17+,19-,22+,23+,24-/m0/s1. The fourth-order valence-corrected chi connectivity index (χ4v) is 7.17. The SMILES string of the molecule is C[C@@H]1O[C@H]2OC(=O)[C@]3(C)C[C@@H]4[C@](C)(C(=O)C=C5C(=CC(=O)OC5(C)C)[C@@]45CO5)[C@H](C1=O)[C@H]23. The molecule has 6 aliphatic rings. The minimum atomic E-state index is -1.15. The van der Waals surface area contributed by atoms with Gasteiger partial charge in [-0.1, -0.05) is 6.92 Å². The molecule has 0 amide bonds. The molecule has 0 aromatic heterocycles. The van der Waals surface area contributed by atoms with Crippen molar-refractivity contribution < 1.29 is 38.1 Å². The second-order valence-corrected chi connectivity index (χ2v) is 11.0. The maximum absolute atomic E-state index is 14.0. The Bertz CT molecular complexity index is 1080. The Kier molecular flexibility index (Phi) is 3.55. The number of rotatable bonds is 0. The molecular weight excluding hydrogens is 416 g/mol. The quantitative estimate of drug-likeness (QED) is 0.412. The largest absolute Gasteiger partial charge is 0.452 e. The van der Waals surface area contributed by atoms with Crippen LogP contribution in [-0.2, 0) is 38.1 Å². The molecule has 8 atom stereocenters. The topological polar surface area (TPSA) is 108 Å². The van der Waals surface area contributed by atoms with Crippen LogP contribution in [0.15, 0.2) is 23.3 Å². The summed E-state index contributed by atoms with van der Waals surface area (Å²) >= 11 is 0. The van der Waals surface area contributed by atoms with Crippen molar-refractivity contribution in [1.29, 1.82) is 0 Å². The fraction of sp³-hybridized carbons (Fsp3) is 0.667. The number of esters is 2. The minimum Gasteiger partial charge on any atom is -0.452 e. The summed E-state index contributed by atoms with van der Waals surface area (Å²) in [6.07, 6.45) is 1.58. The lowest BCUT2D eigenvalue weighted by Crippen LogP contribution is -2.65. The summed E-state index contributed by atoms with van der Waals surface area (Å²) in [4.78, 5) is 53.1. The monoisotopic (exact) mass is 442 g/mol. The highest BCUT2D eigenvalue weighted by atomic mass is 16.7. The second-order valence-electron chi connectivity index (χ2n) is 11.0. The number of ether oxygens (including phenoxy) is 4. The van der Waals surface area contributed by atoms with E-state index in [0.717, 1.165) is 0 Å². The number of epoxide rings is 1. The van der Waals surface area contributed by atoms with Gasteiger partial charge in [-0.05, 0) is 40.2 Å². The Hall–Kier alpha value is -2.32. The van der Waals surface area contributed by atoms with Crippen LogP contribution >= 0.6 is 0 Å². The van der Waals surface area contributed by atoms with Gasteiger partial charge in [0.25, 0.3) is 0 Å². The molecule has 6 rings (SSSR count). The molecule has 4 fully saturated rings. The summed E-state index contributed by atoms with van der Waals surface area (Å²) in [7, 11) is 0. The third-order valence-corrected chi connectivity index (χ3v) is 8.96.